The van der Waals surface area contributed by atoms with Crippen LogP contribution in [0.1, 0.15) is 40.5 Å². The van der Waals surface area contributed by atoms with Crippen LogP contribution in [0, 0.1) is 0 Å². The number of rotatable bonds is 3. The van der Waals surface area contributed by atoms with E-state index in [1.165, 1.54) is 35.5 Å². The Balaban J connectivity index is 1.91. The van der Waals surface area contributed by atoms with Crippen molar-refractivity contribution in [3.05, 3.63) is 39.9 Å². The van der Waals surface area contributed by atoms with Crippen LogP contribution in [0.4, 0.5) is 13.9 Å². The molecule has 1 aromatic carbocycles. The number of alkyl halides is 2. The summed E-state index contributed by atoms with van der Waals surface area (Å²) in [7, 11) is 1.52. The van der Waals surface area contributed by atoms with Crippen molar-refractivity contribution < 1.29 is 13.5 Å². The standard InChI is InChI=1S/C15H16F2N2OS/c1-20-12-6-9(14(16)17)2-4-10(12)8-3-5-11-13(7-8)21-15(18)19-11/h2,4,6,8,14H,3,5,7H2,1H3,(H2,18,19). The zero-order chi connectivity index (χ0) is 15.0. The van der Waals surface area contributed by atoms with Crippen LogP contribution in [-0.2, 0) is 12.8 Å². The first-order valence-electron chi connectivity index (χ1n) is 6.78. The molecule has 1 aliphatic rings. The lowest BCUT2D eigenvalue weighted by molar-refractivity contribution is 0.151. The maximum absolute atomic E-state index is 12.8. The zero-order valence-electron chi connectivity index (χ0n) is 11.6. The number of nitrogen functional groups attached to an aromatic ring is 1. The average Bonchev–Trinajstić information content (AvgIpc) is 2.85. The van der Waals surface area contributed by atoms with E-state index in [0.29, 0.717) is 10.9 Å². The highest BCUT2D eigenvalue weighted by atomic mass is 32.1. The van der Waals surface area contributed by atoms with Gasteiger partial charge in [-0.2, -0.15) is 0 Å². The van der Waals surface area contributed by atoms with Crippen LogP contribution < -0.4 is 10.5 Å². The molecule has 21 heavy (non-hydrogen) atoms. The maximum Gasteiger partial charge on any atom is 0.263 e. The lowest BCUT2D eigenvalue weighted by Crippen LogP contribution is -2.12. The lowest BCUT2D eigenvalue weighted by atomic mass is 9.84. The summed E-state index contributed by atoms with van der Waals surface area (Å²) in [5.41, 5.74) is 7.81. The van der Waals surface area contributed by atoms with Crippen molar-refractivity contribution in [1.82, 2.24) is 4.98 Å². The number of anilines is 1. The number of methoxy groups -OCH3 is 1. The fourth-order valence-electron chi connectivity index (χ4n) is 2.86. The molecule has 6 heteroatoms. The summed E-state index contributed by atoms with van der Waals surface area (Å²) in [5, 5.41) is 0.598. The molecule has 1 atom stereocenters. The summed E-state index contributed by atoms with van der Waals surface area (Å²) in [6.07, 6.45) is 0.162. The van der Waals surface area contributed by atoms with Gasteiger partial charge in [0.25, 0.3) is 6.43 Å². The molecule has 1 aromatic heterocycles. The largest absolute Gasteiger partial charge is 0.496 e. The predicted molar refractivity (Wildman–Crippen MR) is 79.2 cm³/mol. The van der Waals surface area contributed by atoms with Gasteiger partial charge in [-0.05, 0) is 36.8 Å². The highest BCUT2D eigenvalue weighted by Crippen LogP contribution is 2.40. The monoisotopic (exact) mass is 310 g/mol. The van der Waals surface area contributed by atoms with Crippen molar-refractivity contribution in [3.63, 3.8) is 0 Å². The van der Waals surface area contributed by atoms with E-state index in [2.05, 4.69) is 4.98 Å². The fourth-order valence-corrected chi connectivity index (χ4v) is 3.82. The van der Waals surface area contributed by atoms with Gasteiger partial charge in [-0.3, -0.25) is 0 Å². The number of ether oxygens (including phenoxy) is 1. The first-order valence-corrected chi connectivity index (χ1v) is 7.60. The normalized spacial score (nSPS) is 17.8. The third-order valence-electron chi connectivity index (χ3n) is 3.91. The van der Waals surface area contributed by atoms with E-state index < -0.39 is 6.43 Å². The van der Waals surface area contributed by atoms with Crippen molar-refractivity contribution >= 4 is 16.5 Å². The molecule has 1 unspecified atom stereocenters. The van der Waals surface area contributed by atoms with E-state index in [4.69, 9.17) is 10.5 Å². The number of fused-ring (bicyclic) bond motifs is 1. The fraction of sp³-hybridized carbons (Fsp3) is 0.400. The second-order valence-corrected chi connectivity index (χ2v) is 6.28. The molecule has 2 aromatic rings. The molecule has 1 heterocycles. The molecular formula is C15H16F2N2OS. The van der Waals surface area contributed by atoms with Crippen molar-refractivity contribution in [1.29, 1.82) is 0 Å². The lowest BCUT2D eigenvalue weighted by Gasteiger charge is -2.23. The molecule has 0 radical (unpaired) electrons. The van der Waals surface area contributed by atoms with E-state index in [9.17, 15) is 8.78 Å². The predicted octanol–water partition coefficient (Wildman–Crippen LogP) is 3.94. The molecule has 0 amide bonds. The van der Waals surface area contributed by atoms with Crippen molar-refractivity contribution in [2.24, 2.45) is 0 Å². The van der Waals surface area contributed by atoms with Crippen LogP contribution in [0.15, 0.2) is 18.2 Å². The molecule has 3 rings (SSSR count). The summed E-state index contributed by atoms with van der Waals surface area (Å²) in [6.45, 7) is 0. The molecule has 0 saturated heterocycles. The molecule has 1 aliphatic carbocycles. The summed E-state index contributed by atoms with van der Waals surface area (Å²) in [4.78, 5) is 5.52. The second kappa shape index (κ2) is 5.60. The second-order valence-electron chi connectivity index (χ2n) is 5.16. The highest BCUT2D eigenvalue weighted by molar-refractivity contribution is 7.15. The molecule has 2 N–H and O–H groups in total. The number of aryl methyl sites for hydroxylation is 1. The topological polar surface area (TPSA) is 48.1 Å². The minimum Gasteiger partial charge on any atom is -0.496 e. The molecule has 0 saturated carbocycles. The van der Waals surface area contributed by atoms with Gasteiger partial charge in [0.05, 0.1) is 12.8 Å². The van der Waals surface area contributed by atoms with Gasteiger partial charge in [0.2, 0.25) is 0 Å². The van der Waals surface area contributed by atoms with Gasteiger partial charge >= 0.3 is 0 Å². The van der Waals surface area contributed by atoms with E-state index >= 15 is 0 Å². The molecule has 112 valence electrons. The Morgan fingerprint density at radius 2 is 2.24 bits per heavy atom. The van der Waals surface area contributed by atoms with Crippen LogP contribution >= 0.6 is 11.3 Å². The Labute approximate surface area is 125 Å². The number of hydrogen-bond acceptors (Lipinski definition) is 4. The molecule has 0 spiro atoms. The number of aromatic nitrogens is 1. The summed E-state index contributed by atoms with van der Waals surface area (Å²) >= 11 is 1.52. The first kappa shape index (κ1) is 14.3. The number of halogens is 2. The van der Waals surface area contributed by atoms with Gasteiger partial charge in [0, 0.05) is 10.4 Å². The van der Waals surface area contributed by atoms with Gasteiger partial charge in [-0.25, -0.2) is 13.8 Å². The molecule has 3 nitrogen and oxygen atoms in total. The number of nitrogens with zero attached hydrogens (tertiary/aromatic N) is 1. The van der Waals surface area contributed by atoms with Crippen LogP contribution in [0.2, 0.25) is 0 Å². The number of benzene rings is 1. The van der Waals surface area contributed by atoms with Crippen LogP contribution in [-0.4, -0.2) is 12.1 Å². The summed E-state index contributed by atoms with van der Waals surface area (Å²) in [5.74, 6) is 0.803. The van der Waals surface area contributed by atoms with Gasteiger partial charge in [0.1, 0.15) is 5.75 Å². The Hall–Kier alpha value is -1.69. The van der Waals surface area contributed by atoms with Gasteiger partial charge in [0.15, 0.2) is 5.13 Å². The Kier molecular flexibility index (Phi) is 3.80. The molecular weight excluding hydrogens is 294 g/mol. The van der Waals surface area contributed by atoms with Crippen molar-refractivity contribution in [2.75, 3.05) is 12.8 Å². The van der Waals surface area contributed by atoms with E-state index in [-0.39, 0.29) is 11.5 Å². The van der Waals surface area contributed by atoms with Crippen molar-refractivity contribution in [2.45, 2.75) is 31.6 Å². The van der Waals surface area contributed by atoms with E-state index in [1.54, 1.807) is 6.07 Å². The van der Waals surface area contributed by atoms with Gasteiger partial charge in [-0.1, -0.05) is 12.1 Å². The Morgan fingerprint density at radius 3 is 2.95 bits per heavy atom. The number of hydrogen-bond donors (Lipinski definition) is 1. The number of nitrogens with two attached hydrogens (primary N) is 1. The third-order valence-corrected chi connectivity index (χ3v) is 4.85. The van der Waals surface area contributed by atoms with Crippen LogP contribution in [0.3, 0.4) is 0 Å². The van der Waals surface area contributed by atoms with Crippen LogP contribution in [0.25, 0.3) is 0 Å². The van der Waals surface area contributed by atoms with E-state index in [1.807, 2.05) is 0 Å². The van der Waals surface area contributed by atoms with Crippen LogP contribution in [0.5, 0.6) is 5.75 Å². The summed E-state index contributed by atoms with van der Waals surface area (Å²) in [6, 6.07) is 4.69. The smallest absolute Gasteiger partial charge is 0.263 e. The number of thiazole rings is 1. The maximum atomic E-state index is 12.8. The zero-order valence-corrected chi connectivity index (χ0v) is 12.4. The van der Waals surface area contributed by atoms with E-state index in [0.717, 1.165) is 30.5 Å². The van der Waals surface area contributed by atoms with Crippen molar-refractivity contribution in [3.8, 4) is 5.75 Å². The Bertz CT molecular complexity index is 657. The minimum absolute atomic E-state index is 0.00543. The van der Waals surface area contributed by atoms with Gasteiger partial charge < -0.3 is 10.5 Å². The molecule has 0 aliphatic heterocycles. The van der Waals surface area contributed by atoms with Gasteiger partial charge in [-0.15, -0.1) is 11.3 Å². The third kappa shape index (κ3) is 2.72. The first-order chi connectivity index (χ1) is 10.1. The highest BCUT2D eigenvalue weighted by Gasteiger charge is 2.26. The molecule has 0 fully saturated rings. The minimum atomic E-state index is -2.48. The average molecular weight is 310 g/mol. The molecule has 0 bridgehead atoms. The summed E-state index contributed by atoms with van der Waals surface area (Å²) < 4.78 is 30.9. The SMILES string of the molecule is COc1cc(C(F)F)ccc1C1CCc2nc(N)sc2C1. The Morgan fingerprint density at radius 1 is 1.43 bits per heavy atom. The quantitative estimate of drug-likeness (QED) is 0.934.